The van der Waals surface area contributed by atoms with E-state index in [4.69, 9.17) is 4.42 Å². The predicted octanol–water partition coefficient (Wildman–Crippen LogP) is 15.2. The number of rotatable bonds is 4. The number of furan rings is 1. The van der Waals surface area contributed by atoms with Crippen molar-refractivity contribution in [3.05, 3.63) is 240 Å². The highest BCUT2D eigenvalue weighted by Gasteiger charge is 2.52. The van der Waals surface area contributed by atoms with Gasteiger partial charge in [0.2, 0.25) is 0 Å². The smallest absolute Gasteiger partial charge is 0.159 e. The molecule has 288 valence electrons. The number of aromatic nitrogens is 1. The minimum atomic E-state index is -0.568. The summed E-state index contributed by atoms with van der Waals surface area (Å²) in [6.07, 6.45) is 0. The van der Waals surface area contributed by atoms with E-state index >= 15 is 0 Å². The molecule has 3 heterocycles. The van der Waals surface area contributed by atoms with Crippen molar-refractivity contribution in [3.8, 4) is 16.8 Å². The van der Waals surface area contributed by atoms with Crippen molar-refractivity contribution in [1.82, 2.24) is 4.57 Å². The summed E-state index contributed by atoms with van der Waals surface area (Å²) >= 11 is 0. The summed E-state index contributed by atoms with van der Waals surface area (Å²) in [6.45, 7) is 4.82. The number of hydrogen-bond acceptors (Lipinski definition) is 2. The van der Waals surface area contributed by atoms with E-state index in [1.54, 1.807) is 0 Å². The predicted molar refractivity (Wildman–Crippen MR) is 252 cm³/mol. The normalized spacial score (nSPS) is 15.9. The van der Waals surface area contributed by atoms with Crippen LogP contribution in [0, 0.1) is 0 Å². The van der Waals surface area contributed by atoms with Crippen molar-refractivity contribution in [3.63, 3.8) is 0 Å². The first-order chi connectivity index (χ1) is 30.0. The quantitative estimate of drug-likeness (QED) is 0.177. The monoisotopic (exact) mass is 780 g/mol. The average molecular weight is 781 g/mol. The summed E-state index contributed by atoms with van der Waals surface area (Å²) in [5.41, 5.74) is 18.1. The van der Waals surface area contributed by atoms with Crippen LogP contribution in [0.1, 0.15) is 47.2 Å². The molecule has 0 amide bonds. The van der Waals surface area contributed by atoms with E-state index < -0.39 is 5.41 Å². The molecule has 61 heavy (non-hydrogen) atoms. The Hall–Kier alpha value is -7.62. The van der Waals surface area contributed by atoms with Gasteiger partial charge in [-0.05, 0) is 93.0 Å². The molecule has 0 fully saturated rings. The van der Waals surface area contributed by atoms with Gasteiger partial charge < -0.3 is 13.9 Å². The number of anilines is 3. The van der Waals surface area contributed by atoms with Crippen LogP contribution in [0.4, 0.5) is 17.1 Å². The Bertz CT molecular complexity index is 3570. The summed E-state index contributed by atoms with van der Waals surface area (Å²) in [4.78, 5) is 2.40. The van der Waals surface area contributed by atoms with Gasteiger partial charge in [0.25, 0.3) is 0 Å². The second-order valence-corrected chi connectivity index (χ2v) is 17.2. The second-order valence-electron chi connectivity index (χ2n) is 17.2. The van der Waals surface area contributed by atoms with Crippen LogP contribution < -0.4 is 4.90 Å². The topological polar surface area (TPSA) is 21.3 Å². The van der Waals surface area contributed by atoms with E-state index in [0.717, 1.165) is 39.0 Å². The van der Waals surface area contributed by atoms with Crippen LogP contribution in [0.2, 0.25) is 0 Å². The lowest BCUT2D eigenvalue weighted by molar-refractivity contribution is 0.556. The Morgan fingerprint density at radius 3 is 1.89 bits per heavy atom. The SMILES string of the molecule is CC1(C)c2ccccc2C2(c3ccccc3-n3c4ccccc4c4cccc2c43)c2ccc(N(c3ccc(-c4ccccc4)cc3)c3cccc4c3oc3ccccc34)cc21. The Balaban J connectivity index is 1.11. The molecule has 0 saturated carbocycles. The van der Waals surface area contributed by atoms with E-state index in [1.807, 2.05) is 6.07 Å². The standard InChI is InChI=1S/C58H40N2O/c1-57(2)45-22-8-9-23-46(45)58(48-24-10-12-27-52(48)60-51-26-11-6-18-41(51)43-20-14-25-49(58)55(43)60)47-35-34-40(36-50(47)57)59(39-32-30-38(31-33-39)37-16-4-3-5-17-37)53-28-15-21-44-42-19-7-13-29-54(42)61-56(44)53/h3-36H,1-2H3. The van der Waals surface area contributed by atoms with Crippen LogP contribution in [-0.4, -0.2) is 4.57 Å². The molecule has 2 aliphatic rings. The zero-order chi connectivity index (χ0) is 40.5. The van der Waals surface area contributed by atoms with Crippen LogP contribution in [0.5, 0.6) is 0 Å². The van der Waals surface area contributed by atoms with Crippen LogP contribution in [0.25, 0.3) is 60.6 Å². The molecule has 11 aromatic rings. The molecule has 9 aromatic carbocycles. The zero-order valence-electron chi connectivity index (χ0n) is 33.9. The summed E-state index contributed by atoms with van der Waals surface area (Å²) in [5.74, 6) is 0. The maximum absolute atomic E-state index is 6.78. The number of benzene rings is 9. The van der Waals surface area contributed by atoms with Crippen molar-refractivity contribution in [2.24, 2.45) is 0 Å². The van der Waals surface area contributed by atoms with Gasteiger partial charge in [-0.3, -0.25) is 0 Å². The van der Waals surface area contributed by atoms with Gasteiger partial charge in [-0.15, -0.1) is 0 Å². The van der Waals surface area contributed by atoms with Crippen LogP contribution >= 0.6 is 0 Å². The maximum atomic E-state index is 6.78. The molecule has 0 bridgehead atoms. The van der Waals surface area contributed by atoms with Crippen LogP contribution in [0.3, 0.4) is 0 Å². The molecule has 1 atom stereocenters. The van der Waals surface area contributed by atoms with Gasteiger partial charge >= 0.3 is 0 Å². The lowest BCUT2D eigenvalue weighted by Gasteiger charge is -2.50. The first-order valence-electron chi connectivity index (χ1n) is 21.3. The highest BCUT2D eigenvalue weighted by molar-refractivity contribution is 6.13. The summed E-state index contributed by atoms with van der Waals surface area (Å²) in [7, 11) is 0. The van der Waals surface area contributed by atoms with Gasteiger partial charge in [-0.2, -0.15) is 0 Å². The zero-order valence-corrected chi connectivity index (χ0v) is 33.9. The van der Waals surface area contributed by atoms with Crippen molar-refractivity contribution in [2.75, 3.05) is 4.90 Å². The minimum Gasteiger partial charge on any atom is -0.454 e. The number of nitrogens with zero attached hydrogens (tertiary/aromatic N) is 2. The third-order valence-electron chi connectivity index (χ3n) is 13.8. The lowest BCUT2D eigenvalue weighted by Crippen LogP contribution is -2.44. The van der Waals surface area contributed by atoms with Crippen molar-refractivity contribution in [2.45, 2.75) is 24.7 Å². The fraction of sp³-hybridized carbons (Fsp3) is 0.0690. The van der Waals surface area contributed by atoms with Gasteiger partial charge in [0, 0.05) is 38.3 Å². The van der Waals surface area contributed by atoms with Gasteiger partial charge in [-0.25, -0.2) is 0 Å². The van der Waals surface area contributed by atoms with E-state index in [0.29, 0.717) is 0 Å². The summed E-state index contributed by atoms with van der Waals surface area (Å²) in [6, 6.07) is 76.0. The molecule has 2 aromatic heterocycles. The fourth-order valence-electron chi connectivity index (χ4n) is 11.2. The molecule has 3 heteroatoms. The average Bonchev–Trinajstić information content (AvgIpc) is 3.87. The lowest BCUT2D eigenvalue weighted by atomic mass is 9.53. The van der Waals surface area contributed by atoms with Crippen LogP contribution in [0.15, 0.2) is 211 Å². The van der Waals surface area contributed by atoms with E-state index in [-0.39, 0.29) is 5.41 Å². The molecule has 3 nitrogen and oxygen atoms in total. The maximum Gasteiger partial charge on any atom is 0.159 e. The van der Waals surface area contributed by atoms with Crippen molar-refractivity contribution >= 4 is 60.8 Å². The fourth-order valence-corrected chi connectivity index (χ4v) is 11.2. The molecule has 0 N–H and O–H groups in total. The molecule has 0 saturated heterocycles. The molecular weight excluding hydrogens is 741 g/mol. The molecule has 13 rings (SSSR count). The Morgan fingerprint density at radius 1 is 0.426 bits per heavy atom. The highest BCUT2D eigenvalue weighted by atomic mass is 16.3. The van der Waals surface area contributed by atoms with Crippen molar-refractivity contribution < 1.29 is 4.42 Å². The number of para-hydroxylation sites is 5. The van der Waals surface area contributed by atoms with Gasteiger partial charge in [0.15, 0.2) is 5.58 Å². The highest BCUT2D eigenvalue weighted by Crippen LogP contribution is 2.61. The molecule has 1 spiro atoms. The van der Waals surface area contributed by atoms with Gasteiger partial charge in [0.1, 0.15) is 5.58 Å². The van der Waals surface area contributed by atoms with Gasteiger partial charge in [-0.1, -0.05) is 172 Å². The Morgan fingerprint density at radius 2 is 1.03 bits per heavy atom. The minimum absolute atomic E-state index is 0.325. The largest absolute Gasteiger partial charge is 0.454 e. The molecule has 1 unspecified atom stereocenters. The van der Waals surface area contributed by atoms with E-state index in [1.165, 1.54) is 72.0 Å². The Labute approximate surface area is 354 Å². The first-order valence-corrected chi connectivity index (χ1v) is 21.3. The molecule has 0 radical (unpaired) electrons. The molecular formula is C58H40N2O. The van der Waals surface area contributed by atoms with E-state index in [9.17, 15) is 0 Å². The third kappa shape index (κ3) is 4.53. The summed E-state index contributed by atoms with van der Waals surface area (Å²) in [5, 5.41) is 4.78. The Kier molecular flexibility index (Phi) is 6.99. The first kappa shape index (κ1) is 34.3. The van der Waals surface area contributed by atoms with E-state index in [2.05, 4.69) is 224 Å². The van der Waals surface area contributed by atoms with Crippen molar-refractivity contribution in [1.29, 1.82) is 0 Å². The third-order valence-corrected chi connectivity index (χ3v) is 13.8. The number of hydrogen-bond donors (Lipinski definition) is 0. The second kappa shape index (κ2) is 12.5. The van der Waals surface area contributed by atoms with Crippen LogP contribution in [-0.2, 0) is 10.8 Å². The number of fused-ring (bicyclic) bond motifs is 14. The summed E-state index contributed by atoms with van der Waals surface area (Å²) < 4.78 is 9.30. The molecule has 1 aliphatic carbocycles. The van der Waals surface area contributed by atoms with Gasteiger partial charge in [0.05, 0.1) is 27.8 Å². The molecule has 1 aliphatic heterocycles.